The van der Waals surface area contributed by atoms with Gasteiger partial charge in [0.1, 0.15) is 5.75 Å². The molecule has 8 heteroatoms. The Morgan fingerprint density at radius 1 is 1.12 bits per heavy atom. The number of nitrogens with one attached hydrogen (secondary N) is 1. The summed E-state index contributed by atoms with van der Waals surface area (Å²) in [5.41, 5.74) is 0.414. The Morgan fingerprint density at radius 3 is 2.50 bits per heavy atom. The van der Waals surface area contributed by atoms with Crippen molar-refractivity contribution >= 4 is 50.9 Å². The Bertz CT molecular complexity index is 869. The molecule has 0 saturated carbocycles. The second-order valence-electron chi connectivity index (χ2n) is 5.31. The van der Waals surface area contributed by atoms with Crippen molar-refractivity contribution in [2.24, 2.45) is 0 Å². The van der Waals surface area contributed by atoms with E-state index in [0.717, 1.165) is 0 Å². The number of ketones is 1. The van der Waals surface area contributed by atoms with Crippen molar-refractivity contribution in [2.45, 2.75) is 12.8 Å². The van der Waals surface area contributed by atoms with Gasteiger partial charge in [-0.2, -0.15) is 0 Å². The first-order valence-electron chi connectivity index (χ1n) is 7.51. The first-order chi connectivity index (χ1) is 12.3. The van der Waals surface area contributed by atoms with Crippen LogP contribution in [0.4, 0.5) is 5.69 Å². The number of anilines is 1. The smallest absolute Gasteiger partial charge is 0.337 e. The van der Waals surface area contributed by atoms with E-state index < -0.39 is 11.9 Å². The summed E-state index contributed by atoms with van der Waals surface area (Å²) in [6.07, 6.45) is -0.176. The van der Waals surface area contributed by atoms with Crippen LogP contribution in [0, 0.1) is 0 Å². The lowest BCUT2D eigenvalue weighted by Crippen LogP contribution is -2.16. The molecule has 2 aromatic carbocycles. The van der Waals surface area contributed by atoms with Crippen LogP contribution < -0.4 is 10.1 Å². The molecule has 2 aromatic rings. The van der Waals surface area contributed by atoms with Crippen LogP contribution in [-0.4, -0.2) is 29.9 Å². The van der Waals surface area contributed by atoms with Gasteiger partial charge in [-0.05, 0) is 36.4 Å². The largest absolute Gasteiger partial charge is 0.496 e. The van der Waals surface area contributed by atoms with Gasteiger partial charge in [-0.25, -0.2) is 4.79 Å². The molecular weight excluding hydrogens is 426 g/mol. The highest BCUT2D eigenvalue weighted by Crippen LogP contribution is 2.25. The average Bonchev–Trinajstić information content (AvgIpc) is 2.61. The minimum Gasteiger partial charge on any atom is -0.496 e. The third kappa shape index (κ3) is 5.06. The summed E-state index contributed by atoms with van der Waals surface area (Å²) in [5.74, 6) is -1.56. The van der Waals surface area contributed by atoms with Crippen LogP contribution >= 0.6 is 27.5 Å². The zero-order valence-electron chi connectivity index (χ0n) is 13.7. The number of hydrogen-bond donors (Lipinski definition) is 2. The summed E-state index contributed by atoms with van der Waals surface area (Å²) in [6, 6.07) is 9.15. The normalized spacial score (nSPS) is 10.3. The highest BCUT2D eigenvalue weighted by molar-refractivity contribution is 9.10. The van der Waals surface area contributed by atoms with Gasteiger partial charge in [-0.3, -0.25) is 9.59 Å². The van der Waals surface area contributed by atoms with Gasteiger partial charge in [0.05, 0.1) is 23.9 Å². The topological polar surface area (TPSA) is 92.7 Å². The maximum atomic E-state index is 12.3. The maximum absolute atomic E-state index is 12.3. The minimum atomic E-state index is -1.17. The van der Waals surface area contributed by atoms with Crippen LogP contribution in [0.2, 0.25) is 5.02 Å². The summed E-state index contributed by atoms with van der Waals surface area (Å²) in [5, 5.41) is 12.1. The molecule has 0 fully saturated rings. The Labute approximate surface area is 163 Å². The molecule has 0 heterocycles. The number of hydrogen-bond acceptors (Lipinski definition) is 4. The molecule has 0 bridgehead atoms. The standard InChI is InChI=1S/C18H15BrClNO5/c1-26-16-6-3-11(20)9-13(16)15(22)5-7-17(23)21-14-4-2-10(19)8-12(14)18(24)25/h2-4,6,8-9H,5,7H2,1H3,(H,21,23)(H,24,25). The predicted molar refractivity (Wildman–Crippen MR) is 101 cm³/mol. The Morgan fingerprint density at radius 2 is 1.85 bits per heavy atom. The van der Waals surface area contributed by atoms with E-state index in [-0.39, 0.29) is 29.9 Å². The molecule has 6 nitrogen and oxygen atoms in total. The number of ether oxygens (including phenoxy) is 1. The van der Waals surface area contributed by atoms with E-state index in [2.05, 4.69) is 21.2 Å². The van der Waals surface area contributed by atoms with Crippen molar-refractivity contribution in [3.8, 4) is 5.75 Å². The van der Waals surface area contributed by atoms with Gasteiger partial charge < -0.3 is 15.2 Å². The van der Waals surface area contributed by atoms with Crippen molar-refractivity contribution in [3.63, 3.8) is 0 Å². The van der Waals surface area contributed by atoms with Gasteiger partial charge >= 0.3 is 5.97 Å². The number of Topliss-reactive ketones (excluding diaryl/α,β-unsaturated/α-hetero) is 1. The van der Waals surface area contributed by atoms with Crippen LogP contribution in [0.25, 0.3) is 0 Å². The molecular formula is C18H15BrClNO5. The highest BCUT2D eigenvalue weighted by atomic mass is 79.9. The zero-order chi connectivity index (χ0) is 19.3. The minimum absolute atomic E-state index is 0.0458. The van der Waals surface area contributed by atoms with Gasteiger partial charge in [-0.15, -0.1) is 0 Å². The van der Waals surface area contributed by atoms with Gasteiger partial charge in [0, 0.05) is 22.3 Å². The van der Waals surface area contributed by atoms with E-state index in [1.807, 2.05) is 0 Å². The number of benzene rings is 2. The molecule has 2 N–H and O–H groups in total. The number of carboxylic acid groups (broad SMARTS) is 1. The van der Waals surface area contributed by atoms with Crippen LogP contribution in [0.3, 0.4) is 0 Å². The fourth-order valence-corrected chi connectivity index (χ4v) is 2.81. The second-order valence-corrected chi connectivity index (χ2v) is 6.66. The number of aromatic carboxylic acids is 1. The molecule has 0 aliphatic rings. The number of carboxylic acids is 1. The van der Waals surface area contributed by atoms with Crippen molar-refractivity contribution in [1.29, 1.82) is 0 Å². The summed E-state index contributed by atoms with van der Waals surface area (Å²) >= 11 is 9.08. The first kappa shape index (κ1) is 19.9. The van der Waals surface area contributed by atoms with E-state index in [9.17, 15) is 19.5 Å². The molecule has 0 aromatic heterocycles. The van der Waals surface area contributed by atoms with Crippen molar-refractivity contribution in [3.05, 3.63) is 57.0 Å². The third-order valence-electron chi connectivity index (χ3n) is 3.53. The molecule has 0 atom stereocenters. The third-order valence-corrected chi connectivity index (χ3v) is 4.26. The van der Waals surface area contributed by atoms with Gasteiger partial charge in [0.2, 0.25) is 5.91 Å². The monoisotopic (exact) mass is 439 g/mol. The molecule has 0 aliphatic heterocycles. The van der Waals surface area contributed by atoms with E-state index in [0.29, 0.717) is 20.8 Å². The number of carbonyl (C=O) groups excluding carboxylic acids is 2. The van der Waals surface area contributed by atoms with Gasteiger partial charge in [0.15, 0.2) is 5.78 Å². The molecule has 0 spiro atoms. The van der Waals surface area contributed by atoms with Crippen LogP contribution in [0.1, 0.15) is 33.6 Å². The lowest BCUT2D eigenvalue weighted by Gasteiger charge is -2.10. The van der Waals surface area contributed by atoms with E-state index in [1.165, 1.54) is 25.3 Å². The Balaban J connectivity index is 2.05. The summed E-state index contributed by atoms with van der Waals surface area (Å²) in [4.78, 5) is 35.7. The summed E-state index contributed by atoms with van der Waals surface area (Å²) in [7, 11) is 1.44. The molecule has 0 aliphatic carbocycles. The van der Waals surface area contributed by atoms with Crippen molar-refractivity contribution < 1.29 is 24.2 Å². The Kier molecular flexibility index (Phi) is 6.76. The second kappa shape index (κ2) is 8.82. The number of rotatable bonds is 7. The van der Waals surface area contributed by atoms with Gasteiger partial charge in [-0.1, -0.05) is 27.5 Å². The Hall–Kier alpha value is -2.38. The quantitative estimate of drug-likeness (QED) is 0.622. The molecule has 26 heavy (non-hydrogen) atoms. The number of carbonyl (C=O) groups is 3. The van der Waals surface area contributed by atoms with Crippen LogP contribution in [0.15, 0.2) is 40.9 Å². The van der Waals surface area contributed by atoms with Gasteiger partial charge in [0.25, 0.3) is 0 Å². The van der Waals surface area contributed by atoms with E-state index in [4.69, 9.17) is 16.3 Å². The lowest BCUT2D eigenvalue weighted by atomic mass is 10.1. The fraction of sp³-hybridized carbons (Fsp3) is 0.167. The average molecular weight is 441 g/mol. The molecule has 0 unspecified atom stereocenters. The van der Waals surface area contributed by atoms with E-state index in [1.54, 1.807) is 18.2 Å². The predicted octanol–water partition coefficient (Wildman–Crippen LogP) is 4.41. The fourth-order valence-electron chi connectivity index (χ4n) is 2.27. The molecule has 0 radical (unpaired) electrons. The molecule has 1 amide bonds. The van der Waals surface area contributed by atoms with Crippen molar-refractivity contribution in [2.75, 3.05) is 12.4 Å². The zero-order valence-corrected chi connectivity index (χ0v) is 16.1. The van der Waals surface area contributed by atoms with Crippen LogP contribution in [0.5, 0.6) is 5.75 Å². The number of halogens is 2. The first-order valence-corrected chi connectivity index (χ1v) is 8.68. The van der Waals surface area contributed by atoms with Crippen molar-refractivity contribution in [1.82, 2.24) is 0 Å². The number of methoxy groups -OCH3 is 1. The summed E-state index contributed by atoms with van der Waals surface area (Å²) < 4.78 is 5.71. The highest BCUT2D eigenvalue weighted by Gasteiger charge is 2.17. The number of amides is 1. The molecule has 0 saturated heterocycles. The lowest BCUT2D eigenvalue weighted by molar-refractivity contribution is -0.116. The SMILES string of the molecule is COc1ccc(Cl)cc1C(=O)CCC(=O)Nc1ccc(Br)cc1C(=O)O. The molecule has 2 rings (SSSR count). The van der Waals surface area contributed by atoms with E-state index >= 15 is 0 Å². The van der Waals surface area contributed by atoms with Crippen LogP contribution in [-0.2, 0) is 4.79 Å². The molecule has 136 valence electrons. The summed E-state index contributed by atoms with van der Waals surface area (Å²) in [6.45, 7) is 0. The maximum Gasteiger partial charge on any atom is 0.337 e.